The number of fused-ring (bicyclic) bond motifs is 1. The molecular formula is C17H12F3NO2S. The van der Waals surface area contributed by atoms with E-state index >= 15 is 0 Å². The van der Waals surface area contributed by atoms with Gasteiger partial charge in [-0.25, -0.2) is 13.2 Å². The molecule has 124 valence electrons. The molecule has 24 heavy (non-hydrogen) atoms. The zero-order chi connectivity index (χ0) is 17.3. The fourth-order valence-corrected chi connectivity index (χ4v) is 3.52. The van der Waals surface area contributed by atoms with Crippen molar-refractivity contribution in [3.05, 3.63) is 64.3 Å². The summed E-state index contributed by atoms with van der Waals surface area (Å²) in [5.74, 6) is -2.55. The summed E-state index contributed by atoms with van der Waals surface area (Å²) in [7, 11) is 1.43. The van der Waals surface area contributed by atoms with Crippen LogP contribution in [-0.2, 0) is 11.3 Å². The van der Waals surface area contributed by atoms with Gasteiger partial charge >= 0.3 is 0 Å². The van der Waals surface area contributed by atoms with Gasteiger partial charge in [-0.05, 0) is 24.3 Å². The van der Waals surface area contributed by atoms with Crippen LogP contribution in [0.2, 0.25) is 0 Å². The Balaban J connectivity index is 2.05. The molecule has 0 bridgehead atoms. The van der Waals surface area contributed by atoms with Gasteiger partial charge in [0.15, 0.2) is 0 Å². The summed E-state index contributed by atoms with van der Waals surface area (Å²) in [5, 5.41) is 2.63. The van der Waals surface area contributed by atoms with Crippen molar-refractivity contribution in [2.24, 2.45) is 0 Å². The highest BCUT2D eigenvalue weighted by molar-refractivity contribution is 7.21. The van der Waals surface area contributed by atoms with Crippen LogP contribution in [-0.4, -0.2) is 13.0 Å². The number of nitrogens with one attached hydrogen (secondary N) is 1. The van der Waals surface area contributed by atoms with Gasteiger partial charge in [0.05, 0.1) is 17.2 Å². The zero-order valence-electron chi connectivity index (χ0n) is 12.5. The quantitative estimate of drug-likeness (QED) is 0.739. The second-order valence-corrected chi connectivity index (χ2v) is 6.09. The number of amides is 1. The Morgan fingerprint density at radius 3 is 2.71 bits per heavy atom. The molecule has 1 aromatic heterocycles. The molecule has 0 aliphatic heterocycles. The van der Waals surface area contributed by atoms with Gasteiger partial charge in [-0.2, -0.15) is 0 Å². The number of hydrogen-bond donors (Lipinski definition) is 1. The van der Waals surface area contributed by atoms with E-state index in [1.54, 1.807) is 12.1 Å². The molecule has 0 spiro atoms. The number of methoxy groups -OCH3 is 1. The molecule has 1 heterocycles. The third-order valence-corrected chi connectivity index (χ3v) is 4.63. The fourth-order valence-electron chi connectivity index (χ4n) is 2.41. The molecule has 1 N–H and O–H groups in total. The van der Waals surface area contributed by atoms with Gasteiger partial charge in [0, 0.05) is 28.8 Å². The summed E-state index contributed by atoms with van der Waals surface area (Å²) in [5.41, 5.74) is 0.103. The Morgan fingerprint density at radius 1 is 1.17 bits per heavy atom. The number of halogens is 3. The van der Waals surface area contributed by atoms with E-state index in [4.69, 9.17) is 4.74 Å². The largest absolute Gasteiger partial charge is 0.380 e. The lowest BCUT2D eigenvalue weighted by molar-refractivity contribution is 0.102. The highest BCUT2D eigenvalue weighted by atomic mass is 32.1. The molecule has 0 saturated carbocycles. The number of rotatable bonds is 4. The predicted octanol–water partition coefficient (Wildman–Crippen LogP) is 4.72. The van der Waals surface area contributed by atoms with Crippen LogP contribution < -0.4 is 5.32 Å². The van der Waals surface area contributed by atoms with Crippen LogP contribution in [0.4, 0.5) is 18.9 Å². The first-order valence-corrected chi connectivity index (χ1v) is 7.78. The molecular weight excluding hydrogens is 339 g/mol. The van der Waals surface area contributed by atoms with Gasteiger partial charge in [0.1, 0.15) is 17.5 Å². The molecule has 2 aromatic carbocycles. The topological polar surface area (TPSA) is 38.3 Å². The zero-order valence-corrected chi connectivity index (χ0v) is 13.3. The molecule has 0 fully saturated rings. The first-order chi connectivity index (χ1) is 11.5. The minimum Gasteiger partial charge on any atom is -0.380 e. The lowest BCUT2D eigenvalue weighted by atomic mass is 10.1. The van der Waals surface area contributed by atoms with Crippen LogP contribution >= 0.6 is 11.3 Å². The third kappa shape index (κ3) is 3.00. The van der Waals surface area contributed by atoms with Gasteiger partial charge in [-0.1, -0.05) is 6.07 Å². The molecule has 3 aromatic rings. The van der Waals surface area contributed by atoms with Crippen molar-refractivity contribution in [3.8, 4) is 0 Å². The smallest absolute Gasteiger partial charge is 0.266 e. The molecule has 0 aliphatic rings. The van der Waals surface area contributed by atoms with Gasteiger partial charge in [-0.15, -0.1) is 11.3 Å². The summed E-state index contributed by atoms with van der Waals surface area (Å²) < 4.78 is 46.7. The lowest BCUT2D eigenvalue weighted by Gasteiger charge is -2.07. The van der Waals surface area contributed by atoms with Gasteiger partial charge < -0.3 is 10.1 Å². The average molecular weight is 351 g/mol. The minimum atomic E-state index is -0.759. The van der Waals surface area contributed by atoms with Crippen molar-refractivity contribution >= 4 is 33.0 Å². The average Bonchev–Trinajstić information content (AvgIpc) is 2.91. The van der Waals surface area contributed by atoms with Crippen LogP contribution in [0, 0.1) is 17.5 Å². The Bertz CT molecular complexity index is 924. The number of hydrogen-bond acceptors (Lipinski definition) is 3. The molecule has 0 unspecified atom stereocenters. The number of ether oxygens (including phenoxy) is 1. The van der Waals surface area contributed by atoms with E-state index < -0.39 is 23.4 Å². The maximum atomic E-state index is 14.1. The van der Waals surface area contributed by atoms with Crippen molar-refractivity contribution in [1.82, 2.24) is 0 Å². The maximum Gasteiger partial charge on any atom is 0.266 e. The molecule has 3 nitrogen and oxygen atoms in total. The SMILES string of the molecule is COCc1c(C(=O)Nc2cc(F)ccc2F)sc2cccc(F)c12. The maximum absolute atomic E-state index is 14.1. The van der Waals surface area contributed by atoms with Crippen LogP contribution in [0.5, 0.6) is 0 Å². The normalized spacial score (nSPS) is 11.0. The second-order valence-electron chi connectivity index (χ2n) is 5.03. The molecule has 0 radical (unpaired) electrons. The lowest BCUT2D eigenvalue weighted by Crippen LogP contribution is -2.14. The van der Waals surface area contributed by atoms with Crippen LogP contribution in [0.1, 0.15) is 15.2 Å². The fraction of sp³-hybridized carbons (Fsp3) is 0.118. The van der Waals surface area contributed by atoms with E-state index in [-0.39, 0.29) is 17.2 Å². The number of carbonyl (C=O) groups excluding carboxylic acids is 1. The van der Waals surface area contributed by atoms with Crippen molar-refractivity contribution in [3.63, 3.8) is 0 Å². The van der Waals surface area contributed by atoms with Gasteiger partial charge in [-0.3, -0.25) is 4.79 Å². The second kappa shape index (κ2) is 6.62. The molecule has 0 aliphatic carbocycles. The van der Waals surface area contributed by atoms with E-state index in [1.165, 1.54) is 13.2 Å². The summed E-state index contributed by atoms with van der Waals surface area (Å²) in [6, 6.07) is 7.28. The van der Waals surface area contributed by atoms with E-state index in [0.29, 0.717) is 15.6 Å². The number of anilines is 1. The monoisotopic (exact) mass is 351 g/mol. The van der Waals surface area contributed by atoms with Crippen molar-refractivity contribution < 1.29 is 22.7 Å². The van der Waals surface area contributed by atoms with E-state index in [2.05, 4.69) is 5.32 Å². The van der Waals surface area contributed by atoms with Crippen molar-refractivity contribution in [1.29, 1.82) is 0 Å². The van der Waals surface area contributed by atoms with Crippen molar-refractivity contribution in [2.45, 2.75) is 6.61 Å². The third-order valence-electron chi connectivity index (χ3n) is 3.43. The first kappa shape index (κ1) is 16.5. The van der Waals surface area contributed by atoms with E-state index in [1.807, 2.05) is 0 Å². The van der Waals surface area contributed by atoms with E-state index in [9.17, 15) is 18.0 Å². The number of carbonyl (C=O) groups is 1. The van der Waals surface area contributed by atoms with Crippen LogP contribution in [0.25, 0.3) is 10.1 Å². The van der Waals surface area contributed by atoms with Gasteiger partial charge in [0.2, 0.25) is 0 Å². The predicted molar refractivity (Wildman–Crippen MR) is 86.8 cm³/mol. The standard InChI is InChI=1S/C17H12F3NO2S/c1-23-8-10-15-12(20)3-2-4-14(15)24-16(10)17(22)21-13-7-9(18)5-6-11(13)19/h2-7H,8H2,1H3,(H,21,22). The molecule has 0 saturated heterocycles. The Kier molecular flexibility index (Phi) is 4.55. The minimum absolute atomic E-state index is 0.0231. The van der Waals surface area contributed by atoms with Gasteiger partial charge in [0.25, 0.3) is 5.91 Å². The highest BCUT2D eigenvalue weighted by Crippen LogP contribution is 2.34. The number of thiophene rings is 1. The Hall–Kier alpha value is -2.38. The van der Waals surface area contributed by atoms with Crippen molar-refractivity contribution in [2.75, 3.05) is 12.4 Å². The summed E-state index contributed by atoms with van der Waals surface area (Å²) >= 11 is 1.07. The van der Waals surface area contributed by atoms with Crippen LogP contribution in [0.3, 0.4) is 0 Å². The molecule has 3 rings (SSSR count). The van der Waals surface area contributed by atoms with E-state index in [0.717, 1.165) is 29.5 Å². The highest BCUT2D eigenvalue weighted by Gasteiger charge is 2.21. The Morgan fingerprint density at radius 2 is 1.96 bits per heavy atom. The number of benzene rings is 2. The first-order valence-electron chi connectivity index (χ1n) is 6.96. The summed E-state index contributed by atoms with van der Waals surface area (Å²) in [4.78, 5) is 12.7. The summed E-state index contributed by atoms with van der Waals surface area (Å²) in [6.45, 7) is 0.0231. The summed E-state index contributed by atoms with van der Waals surface area (Å²) in [6.07, 6.45) is 0. The van der Waals surface area contributed by atoms with Crippen LogP contribution in [0.15, 0.2) is 36.4 Å². The molecule has 0 atom stereocenters. The molecule has 7 heteroatoms. The Labute approximate surface area is 139 Å². The molecule has 1 amide bonds.